The van der Waals surface area contributed by atoms with Gasteiger partial charge in [-0.25, -0.2) is 0 Å². The first-order valence-corrected chi connectivity index (χ1v) is 9.19. The van der Waals surface area contributed by atoms with Gasteiger partial charge in [-0.2, -0.15) is 0 Å². The average molecular weight is 395 g/mol. The molecule has 7 nitrogen and oxygen atoms in total. The van der Waals surface area contributed by atoms with Crippen LogP contribution in [0.3, 0.4) is 0 Å². The Bertz CT molecular complexity index is 1140. The molecule has 7 heteroatoms. The van der Waals surface area contributed by atoms with Crippen molar-refractivity contribution in [3.05, 3.63) is 35.9 Å². The Morgan fingerprint density at radius 2 is 1.69 bits per heavy atom. The molecule has 1 unspecified atom stereocenters. The smallest absolute Gasteiger partial charge is 0.231 e. The minimum Gasteiger partial charge on any atom is -0.496 e. The third-order valence-electron chi connectivity index (χ3n) is 5.62. The van der Waals surface area contributed by atoms with Gasteiger partial charge in [-0.05, 0) is 17.5 Å². The van der Waals surface area contributed by atoms with E-state index in [2.05, 4.69) is 0 Å². The number of rotatable bonds is 3. The molecule has 0 saturated heterocycles. The Balaban J connectivity index is 1.88. The van der Waals surface area contributed by atoms with E-state index in [9.17, 15) is 5.11 Å². The van der Waals surface area contributed by atoms with E-state index in [0.717, 1.165) is 33.3 Å². The molecule has 1 atom stereocenters. The van der Waals surface area contributed by atoms with Gasteiger partial charge in [-0.1, -0.05) is 12.1 Å². The Kier molecular flexibility index (Phi) is 3.89. The van der Waals surface area contributed by atoms with Crippen molar-refractivity contribution in [2.24, 2.45) is 0 Å². The molecule has 0 amide bonds. The Hall–Kier alpha value is -3.32. The van der Waals surface area contributed by atoms with Crippen LogP contribution in [0.5, 0.6) is 28.7 Å². The van der Waals surface area contributed by atoms with E-state index in [4.69, 9.17) is 23.7 Å². The second kappa shape index (κ2) is 6.35. The maximum Gasteiger partial charge on any atom is 0.231 e. The minimum absolute atomic E-state index is 0.208. The fourth-order valence-electron chi connectivity index (χ4n) is 4.28. The summed E-state index contributed by atoms with van der Waals surface area (Å²) in [5, 5.41) is 13.2. The van der Waals surface area contributed by atoms with Gasteiger partial charge in [-0.3, -0.25) is 0 Å². The van der Waals surface area contributed by atoms with Crippen LogP contribution in [0.2, 0.25) is 0 Å². The lowest BCUT2D eigenvalue weighted by Crippen LogP contribution is -2.29. The SMILES string of the molecule is COc1cc(OC)c2c(c1OC)C(O)N(C)c1c-2ccc2cc3c(cc12)OCO3. The molecule has 3 aromatic carbocycles. The molecule has 2 aliphatic heterocycles. The fraction of sp³-hybridized carbons (Fsp3) is 0.273. The number of aliphatic hydroxyl groups is 1. The second-order valence-corrected chi connectivity index (χ2v) is 6.98. The first-order valence-electron chi connectivity index (χ1n) is 9.19. The Morgan fingerprint density at radius 3 is 2.38 bits per heavy atom. The van der Waals surface area contributed by atoms with Gasteiger partial charge in [0.15, 0.2) is 29.2 Å². The predicted molar refractivity (Wildman–Crippen MR) is 109 cm³/mol. The molecule has 0 spiro atoms. The molecule has 150 valence electrons. The summed E-state index contributed by atoms with van der Waals surface area (Å²) in [5.74, 6) is 3.01. The Labute approximate surface area is 167 Å². The van der Waals surface area contributed by atoms with E-state index in [1.807, 2.05) is 36.2 Å². The summed E-state index contributed by atoms with van der Waals surface area (Å²) in [6.07, 6.45) is -0.951. The number of anilines is 1. The van der Waals surface area contributed by atoms with Gasteiger partial charge in [-0.15, -0.1) is 0 Å². The third-order valence-corrected chi connectivity index (χ3v) is 5.62. The van der Waals surface area contributed by atoms with Crippen LogP contribution in [-0.4, -0.2) is 40.3 Å². The molecule has 5 rings (SSSR count). The number of methoxy groups -OCH3 is 3. The van der Waals surface area contributed by atoms with Crippen molar-refractivity contribution in [3.63, 3.8) is 0 Å². The molecule has 1 N–H and O–H groups in total. The molecule has 2 heterocycles. The molecule has 0 aliphatic carbocycles. The van der Waals surface area contributed by atoms with Crippen molar-refractivity contribution < 1.29 is 28.8 Å². The highest BCUT2D eigenvalue weighted by atomic mass is 16.7. The van der Waals surface area contributed by atoms with Gasteiger partial charge in [0.25, 0.3) is 0 Å². The predicted octanol–water partition coefficient (Wildman–Crippen LogP) is 3.70. The third kappa shape index (κ3) is 2.34. The lowest BCUT2D eigenvalue weighted by molar-refractivity contribution is 0.171. The summed E-state index contributed by atoms with van der Waals surface area (Å²) in [5.41, 5.74) is 3.20. The van der Waals surface area contributed by atoms with Crippen molar-refractivity contribution in [3.8, 4) is 39.9 Å². The van der Waals surface area contributed by atoms with Crippen molar-refractivity contribution in [2.45, 2.75) is 6.23 Å². The number of hydrogen-bond acceptors (Lipinski definition) is 7. The van der Waals surface area contributed by atoms with E-state index >= 15 is 0 Å². The standard InChI is InChI=1S/C22H21NO6/c1-23-20-12(6-5-11-7-14-15(8-13(11)20)29-10-28-14)18-16(25-2)9-17(26-3)21(27-4)19(18)22(23)24/h5-9,22,24H,10H2,1-4H3. The fourth-order valence-corrected chi connectivity index (χ4v) is 4.28. The van der Waals surface area contributed by atoms with Crippen LogP contribution in [0.15, 0.2) is 30.3 Å². The molecule has 2 aliphatic rings. The minimum atomic E-state index is -0.951. The maximum absolute atomic E-state index is 11.3. The summed E-state index contributed by atoms with van der Waals surface area (Å²) in [6.45, 7) is 0.208. The maximum atomic E-state index is 11.3. The highest BCUT2D eigenvalue weighted by molar-refractivity contribution is 6.06. The van der Waals surface area contributed by atoms with Crippen LogP contribution in [0.1, 0.15) is 11.8 Å². The largest absolute Gasteiger partial charge is 0.496 e. The van der Waals surface area contributed by atoms with Gasteiger partial charge < -0.3 is 33.7 Å². The van der Waals surface area contributed by atoms with Crippen LogP contribution < -0.4 is 28.6 Å². The summed E-state index contributed by atoms with van der Waals surface area (Å²) in [7, 11) is 6.58. The van der Waals surface area contributed by atoms with E-state index in [0.29, 0.717) is 28.6 Å². The molecular weight excluding hydrogens is 374 g/mol. The number of fused-ring (bicyclic) bond motifs is 6. The molecule has 29 heavy (non-hydrogen) atoms. The zero-order chi connectivity index (χ0) is 20.3. The average Bonchev–Trinajstić information content (AvgIpc) is 3.20. The number of aliphatic hydroxyl groups excluding tert-OH is 1. The first kappa shape index (κ1) is 17.8. The Morgan fingerprint density at radius 1 is 0.966 bits per heavy atom. The van der Waals surface area contributed by atoms with Crippen LogP contribution in [-0.2, 0) is 0 Å². The van der Waals surface area contributed by atoms with Crippen molar-refractivity contribution in [2.75, 3.05) is 40.1 Å². The molecule has 0 aromatic heterocycles. The second-order valence-electron chi connectivity index (χ2n) is 6.98. The monoisotopic (exact) mass is 395 g/mol. The van der Waals surface area contributed by atoms with Crippen molar-refractivity contribution in [1.82, 2.24) is 0 Å². The van der Waals surface area contributed by atoms with Crippen LogP contribution in [0, 0.1) is 0 Å². The van der Waals surface area contributed by atoms with E-state index in [-0.39, 0.29) is 6.79 Å². The molecule has 0 radical (unpaired) electrons. The quantitative estimate of drug-likeness (QED) is 0.725. The molecule has 0 saturated carbocycles. The van der Waals surface area contributed by atoms with Crippen LogP contribution in [0.25, 0.3) is 21.9 Å². The molecule has 3 aromatic rings. The van der Waals surface area contributed by atoms with Crippen molar-refractivity contribution >= 4 is 16.5 Å². The normalized spacial score (nSPS) is 16.4. The van der Waals surface area contributed by atoms with Crippen LogP contribution >= 0.6 is 0 Å². The number of benzene rings is 3. The summed E-state index contributed by atoms with van der Waals surface area (Å²) < 4.78 is 27.8. The summed E-state index contributed by atoms with van der Waals surface area (Å²) >= 11 is 0. The highest BCUT2D eigenvalue weighted by Crippen LogP contribution is 2.56. The first-order chi connectivity index (χ1) is 14.1. The summed E-state index contributed by atoms with van der Waals surface area (Å²) in [4.78, 5) is 1.82. The van der Waals surface area contributed by atoms with Gasteiger partial charge in [0, 0.05) is 29.6 Å². The van der Waals surface area contributed by atoms with Gasteiger partial charge in [0.05, 0.1) is 32.6 Å². The number of nitrogens with zero attached hydrogens (tertiary/aromatic N) is 1. The number of hydrogen-bond donors (Lipinski definition) is 1. The van der Waals surface area contributed by atoms with Gasteiger partial charge in [0.2, 0.25) is 6.79 Å². The van der Waals surface area contributed by atoms with Crippen LogP contribution in [0.4, 0.5) is 5.69 Å². The molecular formula is C22H21NO6. The van der Waals surface area contributed by atoms with E-state index < -0.39 is 6.23 Å². The topological polar surface area (TPSA) is 69.6 Å². The number of ether oxygens (including phenoxy) is 5. The molecule has 0 bridgehead atoms. The van der Waals surface area contributed by atoms with Crippen molar-refractivity contribution in [1.29, 1.82) is 0 Å². The summed E-state index contributed by atoms with van der Waals surface area (Å²) in [6, 6.07) is 9.75. The van der Waals surface area contributed by atoms with Gasteiger partial charge in [0.1, 0.15) is 5.75 Å². The lowest BCUT2D eigenvalue weighted by atomic mass is 9.88. The lowest BCUT2D eigenvalue weighted by Gasteiger charge is -2.37. The zero-order valence-electron chi connectivity index (χ0n) is 16.6. The van der Waals surface area contributed by atoms with E-state index in [1.54, 1.807) is 27.4 Å². The van der Waals surface area contributed by atoms with E-state index in [1.165, 1.54) is 0 Å². The molecule has 0 fully saturated rings. The highest BCUT2D eigenvalue weighted by Gasteiger charge is 2.36. The zero-order valence-corrected chi connectivity index (χ0v) is 16.6. The van der Waals surface area contributed by atoms with Gasteiger partial charge >= 0.3 is 0 Å².